The minimum Gasteiger partial charge on any atom is -0.460 e. The van der Waals surface area contributed by atoms with E-state index in [0.717, 1.165) is 6.42 Å². The maximum atomic E-state index is 11.4. The van der Waals surface area contributed by atoms with Crippen molar-refractivity contribution in [1.82, 2.24) is 10.1 Å². The topological polar surface area (TPSA) is 65.2 Å². The van der Waals surface area contributed by atoms with Crippen molar-refractivity contribution in [2.24, 2.45) is 0 Å². The second kappa shape index (κ2) is 6.13. The average Bonchev–Trinajstić information content (AvgIpc) is 2.87. The minimum absolute atomic E-state index is 0.0132. The van der Waals surface area contributed by atoms with E-state index in [1.807, 2.05) is 6.92 Å². The van der Waals surface area contributed by atoms with Crippen LogP contribution >= 0.6 is 0 Å². The first-order valence-electron chi connectivity index (χ1n) is 6.24. The number of esters is 1. The molecule has 19 heavy (non-hydrogen) atoms. The van der Waals surface area contributed by atoms with Gasteiger partial charge in [-0.1, -0.05) is 29.8 Å². The van der Waals surface area contributed by atoms with E-state index < -0.39 is 5.97 Å². The summed E-state index contributed by atoms with van der Waals surface area (Å²) in [5.74, 6) is -0.114. The number of ether oxygens (including phenoxy) is 1. The highest BCUT2D eigenvalue weighted by Crippen LogP contribution is 2.08. The molecule has 0 atom stereocenters. The molecular formula is C14H16N2O3. The highest BCUT2D eigenvalue weighted by atomic mass is 16.5. The van der Waals surface area contributed by atoms with Crippen LogP contribution < -0.4 is 0 Å². The molecule has 0 unspecified atom stereocenters. The molecule has 1 aromatic heterocycles. The Labute approximate surface area is 111 Å². The van der Waals surface area contributed by atoms with Crippen LogP contribution in [-0.4, -0.2) is 22.7 Å². The summed E-state index contributed by atoms with van der Waals surface area (Å²) in [5, 5.41) is 3.60. The van der Waals surface area contributed by atoms with E-state index in [2.05, 4.69) is 34.4 Å². The molecule has 0 amide bonds. The van der Waals surface area contributed by atoms with Crippen molar-refractivity contribution in [2.45, 2.75) is 26.7 Å². The van der Waals surface area contributed by atoms with Crippen LogP contribution in [0.2, 0.25) is 0 Å². The number of carbonyl (C=O) groups is 1. The number of hydrogen-bond donors (Lipinski definition) is 0. The molecule has 0 aliphatic rings. The van der Waals surface area contributed by atoms with Crippen molar-refractivity contribution in [3.63, 3.8) is 0 Å². The molecule has 2 aromatic rings. The maximum absolute atomic E-state index is 11.4. The molecule has 0 saturated heterocycles. The van der Waals surface area contributed by atoms with Crippen molar-refractivity contribution < 1.29 is 14.1 Å². The summed E-state index contributed by atoms with van der Waals surface area (Å²) in [6, 6.07) is 8.26. The zero-order chi connectivity index (χ0) is 13.7. The number of benzene rings is 1. The van der Waals surface area contributed by atoms with Crippen LogP contribution in [0.15, 0.2) is 28.8 Å². The number of hydrogen-bond acceptors (Lipinski definition) is 5. The van der Waals surface area contributed by atoms with Crippen molar-refractivity contribution in [1.29, 1.82) is 0 Å². The fourth-order valence-corrected chi connectivity index (χ4v) is 1.64. The highest BCUT2D eigenvalue weighted by molar-refractivity contribution is 5.84. The van der Waals surface area contributed by atoms with Gasteiger partial charge in [0.1, 0.15) is 0 Å². The third-order valence-corrected chi connectivity index (χ3v) is 2.67. The van der Waals surface area contributed by atoms with Crippen molar-refractivity contribution >= 4 is 5.97 Å². The Morgan fingerprint density at radius 1 is 1.26 bits per heavy atom. The summed E-state index contributed by atoms with van der Waals surface area (Å²) in [7, 11) is 0. The van der Waals surface area contributed by atoms with Crippen LogP contribution in [0.3, 0.4) is 0 Å². The Kier molecular flexibility index (Phi) is 4.28. The number of nitrogens with zero attached hydrogens (tertiary/aromatic N) is 2. The Bertz CT molecular complexity index is 546. The molecule has 0 saturated carbocycles. The quantitative estimate of drug-likeness (QED) is 0.772. The molecule has 0 spiro atoms. The van der Waals surface area contributed by atoms with Gasteiger partial charge in [0.25, 0.3) is 5.82 Å². The summed E-state index contributed by atoms with van der Waals surface area (Å²) in [6.07, 6.45) is 1.40. The van der Waals surface area contributed by atoms with E-state index in [9.17, 15) is 4.79 Å². The molecule has 0 N–H and O–H groups in total. The number of aryl methyl sites for hydroxylation is 3. The second-order valence-corrected chi connectivity index (χ2v) is 4.22. The van der Waals surface area contributed by atoms with Crippen molar-refractivity contribution in [2.75, 3.05) is 6.61 Å². The molecular weight excluding hydrogens is 244 g/mol. The zero-order valence-corrected chi connectivity index (χ0v) is 11.0. The summed E-state index contributed by atoms with van der Waals surface area (Å²) >= 11 is 0. The summed E-state index contributed by atoms with van der Waals surface area (Å²) in [5.41, 5.74) is 2.42. The van der Waals surface area contributed by atoms with Gasteiger partial charge in [0.2, 0.25) is 5.89 Å². The van der Waals surface area contributed by atoms with Gasteiger partial charge < -0.3 is 9.26 Å². The molecule has 2 rings (SSSR count). The lowest BCUT2D eigenvalue weighted by molar-refractivity contribution is 0.0508. The first-order valence-corrected chi connectivity index (χ1v) is 6.24. The number of rotatable bonds is 5. The molecule has 5 nitrogen and oxygen atoms in total. The molecule has 0 aliphatic heterocycles. The van der Waals surface area contributed by atoms with Gasteiger partial charge >= 0.3 is 5.97 Å². The van der Waals surface area contributed by atoms with Gasteiger partial charge in [0.15, 0.2) is 0 Å². The second-order valence-electron chi connectivity index (χ2n) is 4.22. The molecule has 0 radical (unpaired) electrons. The van der Waals surface area contributed by atoms with Gasteiger partial charge in [0.05, 0.1) is 6.61 Å². The van der Waals surface area contributed by atoms with Crippen LogP contribution in [-0.2, 0) is 17.6 Å². The standard InChI is InChI=1S/C14H16N2O3/c1-3-18-14(17)13-15-12(19-16-13)9-8-11-6-4-10(2)5-7-11/h4-7H,3,8-9H2,1-2H3. The van der Waals surface area contributed by atoms with Crippen LogP contribution in [0.1, 0.15) is 34.6 Å². The molecule has 0 bridgehead atoms. The van der Waals surface area contributed by atoms with Gasteiger partial charge in [-0.3, -0.25) is 0 Å². The van der Waals surface area contributed by atoms with Crippen LogP contribution in [0.4, 0.5) is 0 Å². The Hall–Kier alpha value is -2.17. The van der Waals surface area contributed by atoms with E-state index >= 15 is 0 Å². The first-order chi connectivity index (χ1) is 9.19. The lowest BCUT2D eigenvalue weighted by atomic mass is 10.1. The summed E-state index contributed by atoms with van der Waals surface area (Å²) in [4.78, 5) is 15.4. The van der Waals surface area contributed by atoms with Crippen molar-refractivity contribution in [3.8, 4) is 0 Å². The highest BCUT2D eigenvalue weighted by Gasteiger charge is 2.15. The summed E-state index contributed by atoms with van der Waals surface area (Å²) in [6.45, 7) is 4.08. The lowest BCUT2D eigenvalue weighted by Gasteiger charge is -1.98. The number of aromatic nitrogens is 2. The van der Waals surface area contributed by atoms with Crippen LogP contribution in [0, 0.1) is 6.92 Å². The van der Waals surface area contributed by atoms with Gasteiger partial charge in [-0.15, -0.1) is 0 Å². The predicted octanol–water partition coefficient (Wildman–Crippen LogP) is 2.34. The first kappa shape index (κ1) is 13.3. The predicted molar refractivity (Wildman–Crippen MR) is 68.8 cm³/mol. The Morgan fingerprint density at radius 3 is 2.68 bits per heavy atom. The fraction of sp³-hybridized carbons (Fsp3) is 0.357. The Balaban J connectivity index is 1.93. The molecule has 0 fully saturated rings. The summed E-state index contributed by atoms with van der Waals surface area (Å²) < 4.78 is 9.81. The van der Waals surface area contributed by atoms with E-state index in [-0.39, 0.29) is 5.82 Å². The molecule has 1 heterocycles. The van der Waals surface area contributed by atoms with Gasteiger partial charge in [-0.25, -0.2) is 4.79 Å². The van der Waals surface area contributed by atoms with Gasteiger partial charge in [-0.05, 0) is 31.0 Å². The Morgan fingerprint density at radius 2 is 2.00 bits per heavy atom. The van der Waals surface area contributed by atoms with Gasteiger partial charge in [0, 0.05) is 6.42 Å². The monoisotopic (exact) mass is 260 g/mol. The molecule has 5 heteroatoms. The van der Waals surface area contributed by atoms with Crippen LogP contribution in [0.25, 0.3) is 0 Å². The van der Waals surface area contributed by atoms with Gasteiger partial charge in [-0.2, -0.15) is 4.98 Å². The minimum atomic E-state index is -0.548. The zero-order valence-electron chi connectivity index (χ0n) is 11.0. The largest absolute Gasteiger partial charge is 0.460 e. The fourth-order valence-electron chi connectivity index (χ4n) is 1.64. The average molecular weight is 260 g/mol. The molecule has 100 valence electrons. The van der Waals surface area contributed by atoms with E-state index in [1.165, 1.54) is 11.1 Å². The normalized spacial score (nSPS) is 10.4. The molecule has 0 aliphatic carbocycles. The van der Waals surface area contributed by atoms with E-state index in [4.69, 9.17) is 9.26 Å². The number of carbonyl (C=O) groups excluding carboxylic acids is 1. The van der Waals surface area contributed by atoms with E-state index in [0.29, 0.717) is 18.9 Å². The van der Waals surface area contributed by atoms with E-state index in [1.54, 1.807) is 6.92 Å². The van der Waals surface area contributed by atoms with Crippen LogP contribution in [0.5, 0.6) is 0 Å². The smallest absolute Gasteiger partial charge is 0.379 e. The third-order valence-electron chi connectivity index (χ3n) is 2.67. The maximum Gasteiger partial charge on any atom is 0.379 e. The third kappa shape index (κ3) is 3.64. The lowest BCUT2D eigenvalue weighted by Crippen LogP contribution is -2.06. The SMILES string of the molecule is CCOC(=O)c1noc(CCc2ccc(C)cc2)n1. The van der Waals surface area contributed by atoms with Crippen molar-refractivity contribution in [3.05, 3.63) is 47.1 Å². The molecule has 1 aromatic carbocycles.